The van der Waals surface area contributed by atoms with Gasteiger partial charge in [-0.15, -0.1) is 0 Å². The van der Waals surface area contributed by atoms with Crippen molar-refractivity contribution in [2.24, 2.45) is 0 Å². The molecule has 1 rings (SSSR count). The van der Waals surface area contributed by atoms with Crippen LogP contribution in [0.5, 0.6) is 0 Å². The van der Waals surface area contributed by atoms with Crippen molar-refractivity contribution in [2.75, 3.05) is 0 Å². The van der Waals surface area contributed by atoms with Crippen molar-refractivity contribution in [2.45, 2.75) is 32.8 Å². The van der Waals surface area contributed by atoms with Crippen molar-refractivity contribution in [3.63, 3.8) is 0 Å². The number of rotatable bonds is 2. The minimum atomic E-state index is -0.0572. The first-order valence-corrected chi connectivity index (χ1v) is 4.26. The molecule has 1 heterocycles. The minimum Gasteiger partial charge on any atom is -0.487 e. The highest BCUT2D eigenvalue weighted by atomic mass is 16.5. The van der Waals surface area contributed by atoms with E-state index in [9.17, 15) is 0 Å². The molecule has 0 saturated carbocycles. The molecule has 0 radical (unpaired) electrons. The zero-order valence-electron chi connectivity index (χ0n) is 8.05. The molecule has 0 N–H and O–H groups in total. The fourth-order valence-electron chi connectivity index (χ4n) is 1.41. The lowest BCUT2D eigenvalue weighted by Crippen LogP contribution is -2.17. The Morgan fingerprint density at radius 3 is 2.67 bits per heavy atom. The second-order valence-electron chi connectivity index (χ2n) is 3.63. The van der Waals surface area contributed by atoms with Gasteiger partial charge in [0.25, 0.3) is 0 Å². The predicted octanol–water partition coefficient (Wildman–Crippen LogP) is 3.20. The average Bonchev–Trinajstić information content (AvgIpc) is 2.26. The topological polar surface area (TPSA) is 9.23 Å². The molecule has 0 spiro atoms. The summed E-state index contributed by atoms with van der Waals surface area (Å²) in [5.41, 5.74) is 1.15. The highest BCUT2D eigenvalue weighted by Gasteiger charge is 2.29. The molecule has 0 aromatic rings. The summed E-state index contributed by atoms with van der Waals surface area (Å²) in [4.78, 5) is 0. The van der Waals surface area contributed by atoms with Gasteiger partial charge < -0.3 is 4.74 Å². The van der Waals surface area contributed by atoms with Gasteiger partial charge in [0, 0.05) is 6.42 Å². The molecule has 1 heteroatoms. The summed E-state index contributed by atoms with van der Waals surface area (Å²) in [6.07, 6.45) is 6.81. The molecule has 0 amide bonds. The second kappa shape index (κ2) is 3.18. The lowest BCUT2D eigenvalue weighted by Gasteiger charge is -2.18. The van der Waals surface area contributed by atoms with Crippen LogP contribution in [0.1, 0.15) is 27.2 Å². The summed E-state index contributed by atoms with van der Waals surface area (Å²) in [7, 11) is 0. The lowest BCUT2D eigenvalue weighted by atomic mass is 10.0. The van der Waals surface area contributed by atoms with Crippen LogP contribution in [0.3, 0.4) is 0 Å². The van der Waals surface area contributed by atoms with Gasteiger partial charge in [0.1, 0.15) is 11.4 Å². The third kappa shape index (κ3) is 1.79. The molecule has 66 valence electrons. The van der Waals surface area contributed by atoms with E-state index in [2.05, 4.69) is 20.4 Å². The van der Waals surface area contributed by atoms with Gasteiger partial charge in [0.2, 0.25) is 0 Å². The number of ether oxygens (including phenoxy) is 1. The van der Waals surface area contributed by atoms with Gasteiger partial charge in [-0.2, -0.15) is 0 Å². The van der Waals surface area contributed by atoms with Crippen molar-refractivity contribution < 1.29 is 4.74 Å². The van der Waals surface area contributed by atoms with Crippen LogP contribution in [0, 0.1) is 0 Å². The normalized spacial score (nSPS) is 21.6. The van der Waals surface area contributed by atoms with Crippen molar-refractivity contribution in [1.29, 1.82) is 0 Å². The Morgan fingerprint density at radius 1 is 1.50 bits per heavy atom. The molecule has 0 aromatic heterocycles. The Labute approximate surface area is 74.4 Å². The van der Waals surface area contributed by atoms with Crippen LogP contribution in [0.15, 0.2) is 36.1 Å². The fraction of sp³-hybridized carbons (Fsp3) is 0.455. The first-order valence-electron chi connectivity index (χ1n) is 4.26. The minimum absolute atomic E-state index is 0.0572. The average molecular weight is 164 g/mol. The highest BCUT2D eigenvalue weighted by Crippen LogP contribution is 2.34. The molecule has 0 fully saturated rings. The Balaban J connectivity index is 2.87. The Bertz CT molecular complexity index is 244. The summed E-state index contributed by atoms with van der Waals surface area (Å²) in [5, 5.41) is 0. The molecule has 0 atom stereocenters. The lowest BCUT2D eigenvalue weighted by molar-refractivity contribution is 0.0683. The van der Waals surface area contributed by atoms with Gasteiger partial charge in [-0.1, -0.05) is 18.7 Å². The summed E-state index contributed by atoms with van der Waals surface area (Å²) in [5.74, 6) is 0.970. The van der Waals surface area contributed by atoms with Gasteiger partial charge in [0.15, 0.2) is 0 Å². The summed E-state index contributed by atoms with van der Waals surface area (Å²) in [6.45, 7) is 9.94. The van der Waals surface area contributed by atoms with Crippen LogP contribution < -0.4 is 0 Å². The van der Waals surface area contributed by atoms with Crippen LogP contribution in [0.2, 0.25) is 0 Å². The van der Waals surface area contributed by atoms with Crippen LogP contribution >= 0.6 is 0 Å². The molecule has 12 heavy (non-hydrogen) atoms. The van der Waals surface area contributed by atoms with Gasteiger partial charge in [0.05, 0.1) is 0 Å². The molecule has 0 bridgehead atoms. The third-order valence-corrected chi connectivity index (χ3v) is 1.88. The summed E-state index contributed by atoms with van der Waals surface area (Å²) >= 11 is 0. The van der Waals surface area contributed by atoms with Crippen molar-refractivity contribution in [1.82, 2.24) is 0 Å². The monoisotopic (exact) mass is 164 g/mol. The smallest absolute Gasteiger partial charge is 0.123 e. The van der Waals surface area contributed by atoms with Crippen molar-refractivity contribution >= 4 is 0 Å². The molecule has 1 nitrogen and oxygen atoms in total. The molecule has 0 saturated heterocycles. The van der Waals surface area contributed by atoms with Crippen LogP contribution in [0.25, 0.3) is 0 Å². The van der Waals surface area contributed by atoms with Gasteiger partial charge in [-0.3, -0.25) is 0 Å². The molecule has 0 aromatic carbocycles. The number of hydrogen-bond acceptors (Lipinski definition) is 1. The Kier molecular flexibility index (Phi) is 2.41. The Morgan fingerprint density at radius 2 is 2.17 bits per heavy atom. The van der Waals surface area contributed by atoms with Gasteiger partial charge >= 0.3 is 0 Å². The van der Waals surface area contributed by atoms with E-state index in [4.69, 9.17) is 4.74 Å². The van der Waals surface area contributed by atoms with Gasteiger partial charge in [-0.25, -0.2) is 0 Å². The van der Waals surface area contributed by atoms with E-state index in [0.717, 1.165) is 12.2 Å². The second-order valence-corrected chi connectivity index (χ2v) is 3.63. The summed E-state index contributed by atoms with van der Waals surface area (Å²) in [6, 6.07) is 0. The van der Waals surface area contributed by atoms with Crippen LogP contribution in [0.4, 0.5) is 0 Å². The molecular formula is C11H16O. The standard InChI is InChI=1S/C11H16O/c1-5-7-10-9(6-2)8-11(3,4)12-10/h5-7H,2,8H2,1,3-4H3/b7-5-. The van der Waals surface area contributed by atoms with Crippen LogP contribution in [-0.4, -0.2) is 5.60 Å². The van der Waals surface area contributed by atoms with E-state index in [1.54, 1.807) is 0 Å². The molecule has 1 aliphatic rings. The van der Waals surface area contributed by atoms with Crippen LogP contribution in [-0.2, 0) is 4.74 Å². The quantitative estimate of drug-likeness (QED) is 0.609. The maximum atomic E-state index is 5.71. The molecule has 1 aliphatic heterocycles. The number of allylic oxidation sites excluding steroid dienone is 3. The highest BCUT2D eigenvalue weighted by molar-refractivity contribution is 5.33. The maximum absolute atomic E-state index is 5.71. The van der Waals surface area contributed by atoms with Crippen molar-refractivity contribution in [3.05, 3.63) is 36.1 Å². The zero-order chi connectivity index (χ0) is 9.19. The third-order valence-electron chi connectivity index (χ3n) is 1.88. The van der Waals surface area contributed by atoms with E-state index in [1.807, 2.05) is 25.2 Å². The zero-order valence-corrected chi connectivity index (χ0v) is 8.05. The first kappa shape index (κ1) is 9.11. The van der Waals surface area contributed by atoms with Crippen molar-refractivity contribution in [3.8, 4) is 0 Å². The van der Waals surface area contributed by atoms with E-state index in [0.29, 0.717) is 0 Å². The van der Waals surface area contributed by atoms with E-state index in [-0.39, 0.29) is 5.60 Å². The predicted molar refractivity (Wildman–Crippen MR) is 51.8 cm³/mol. The molecular weight excluding hydrogens is 148 g/mol. The first-order chi connectivity index (χ1) is 5.59. The molecule has 0 unspecified atom stereocenters. The molecule has 0 aliphatic carbocycles. The van der Waals surface area contributed by atoms with E-state index in [1.165, 1.54) is 5.57 Å². The van der Waals surface area contributed by atoms with E-state index >= 15 is 0 Å². The maximum Gasteiger partial charge on any atom is 0.123 e. The largest absolute Gasteiger partial charge is 0.487 e. The summed E-state index contributed by atoms with van der Waals surface area (Å²) < 4.78 is 5.71. The fourth-order valence-corrected chi connectivity index (χ4v) is 1.41. The number of hydrogen-bond donors (Lipinski definition) is 0. The SMILES string of the molecule is C=CC1=C(/C=C\C)OC(C)(C)C1. The van der Waals surface area contributed by atoms with E-state index < -0.39 is 0 Å². The van der Waals surface area contributed by atoms with Gasteiger partial charge in [-0.05, 0) is 32.4 Å². The Hall–Kier alpha value is -0.980.